The number of benzene rings is 1. The predicted octanol–water partition coefficient (Wildman–Crippen LogP) is 3.36. The van der Waals surface area contributed by atoms with Gasteiger partial charge >= 0.3 is 5.97 Å². The molecule has 0 saturated heterocycles. The van der Waals surface area contributed by atoms with Crippen LogP contribution >= 0.6 is 11.8 Å². The lowest BCUT2D eigenvalue weighted by atomic mass is 10.1. The molecule has 5 heteroatoms. The van der Waals surface area contributed by atoms with Crippen molar-refractivity contribution in [2.45, 2.75) is 25.1 Å². The maximum atomic E-state index is 11.4. The van der Waals surface area contributed by atoms with Crippen LogP contribution < -0.4 is 5.32 Å². The van der Waals surface area contributed by atoms with Crippen molar-refractivity contribution in [3.05, 3.63) is 35.6 Å². The molecule has 0 radical (unpaired) electrons. The topological polar surface area (TPSA) is 62.5 Å². The number of rotatable bonds is 7. The van der Waals surface area contributed by atoms with Crippen molar-refractivity contribution in [2.24, 2.45) is 0 Å². The van der Waals surface area contributed by atoms with E-state index in [2.05, 4.69) is 18.5 Å². The Morgan fingerprint density at radius 3 is 2.90 bits per heavy atom. The fourth-order valence-corrected chi connectivity index (χ4v) is 2.43. The lowest BCUT2D eigenvalue weighted by Gasteiger charge is -2.08. The zero-order valence-electron chi connectivity index (χ0n) is 11.7. The molecule has 0 spiro atoms. The van der Waals surface area contributed by atoms with Crippen LogP contribution in [0.15, 0.2) is 28.7 Å². The molecule has 1 unspecified atom stereocenters. The summed E-state index contributed by atoms with van der Waals surface area (Å²) in [7, 11) is 0. The largest absolute Gasteiger partial charge is 0.478 e. The molecule has 0 aliphatic heterocycles. The molecule has 20 heavy (non-hydrogen) atoms. The highest BCUT2D eigenvalue weighted by Gasteiger charge is 2.19. The number of carboxylic acids is 1. The highest BCUT2D eigenvalue weighted by atomic mass is 32.2. The summed E-state index contributed by atoms with van der Waals surface area (Å²) in [6.07, 6.45) is 3.14. The second kappa shape index (κ2) is 6.81. The molecule has 4 nitrogen and oxygen atoms in total. The third-order valence-corrected chi connectivity index (χ3v) is 4.34. The van der Waals surface area contributed by atoms with Gasteiger partial charge in [-0.3, -0.25) is 0 Å². The highest BCUT2D eigenvalue weighted by Crippen LogP contribution is 2.25. The van der Waals surface area contributed by atoms with Crippen LogP contribution in [0.2, 0.25) is 0 Å². The summed E-state index contributed by atoms with van der Waals surface area (Å²) < 4.78 is 5.65. The number of carbonyl (C=O) groups is 1. The quantitative estimate of drug-likeness (QED) is 0.766. The Kier molecular flexibility index (Phi) is 5.09. The van der Waals surface area contributed by atoms with Crippen LogP contribution in [-0.4, -0.2) is 29.1 Å². The number of hydrogen-bond acceptors (Lipinski definition) is 4. The van der Waals surface area contributed by atoms with Crippen molar-refractivity contribution >= 4 is 28.7 Å². The first-order chi connectivity index (χ1) is 9.63. The van der Waals surface area contributed by atoms with Crippen LogP contribution in [0.5, 0.6) is 0 Å². The van der Waals surface area contributed by atoms with E-state index in [1.54, 1.807) is 12.1 Å². The molecule has 0 aliphatic carbocycles. The van der Waals surface area contributed by atoms with E-state index in [1.807, 2.05) is 23.9 Å². The van der Waals surface area contributed by atoms with Crippen molar-refractivity contribution in [1.82, 2.24) is 5.32 Å². The van der Waals surface area contributed by atoms with Crippen LogP contribution in [0.1, 0.15) is 29.5 Å². The van der Waals surface area contributed by atoms with E-state index < -0.39 is 5.97 Å². The Labute approximate surface area is 122 Å². The SMILES string of the molecule is CSC(C)CCNCc1oc2ccccc2c1C(=O)O. The van der Waals surface area contributed by atoms with E-state index in [-0.39, 0.29) is 5.56 Å². The fourth-order valence-electron chi connectivity index (χ4n) is 2.08. The first kappa shape index (κ1) is 14.9. The Balaban J connectivity index is 2.09. The first-order valence-electron chi connectivity index (χ1n) is 6.60. The maximum Gasteiger partial charge on any atom is 0.339 e. The minimum Gasteiger partial charge on any atom is -0.478 e. The molecule has 0 amide bonds. The molecule has 1 atom stereocenters. The third-order valence-electron chi connectivity index (χ3n) is 3.30. The summed E-state index contributed by atoms with van der Waals surface area (Å²) >= 11 is 1.83. The lowest BCUT2D eigenvalue weighted by Crippen LogP contribution is -2.18. The van der Waals surface area contributed by atoms with Gasteiger partial charge in [-0.05, 0) is 25.3 Å². The van der Waals surface area contributed by atoms with E-state index >= 15 is 0 Å². The Morgan fingerprint density at radius 1 is 1.45 bits per heavy atom. The molecule has 0 saturated carbocycles. The zero-order valence-corrected chi connectivity index (χ0v) is 12.5. The predicted molar refractivity (Wildman–Crippen MR) is 82.5 cm³/mol. The van der Waals surface area contributed by atoms with Crippen molar-refractivity contribution < 1.29 is 14.3 Å². The number of fused-ring (bicyclic) bond motifs is 1. The van der Waals surface area contributed by atoms with Crippen LogP contribution in [0.25, 0.3) is 11.0 Å². The summed E-state index contributed by atoms with van der Waals surface area (Å²) in [6.45, 7) is 3.46. The molecule has 0 fully saturated rings. The Bertz CT molecular complexity index is 594. The molecule has 2 aromatic rings. The van der Waals surface area contributed by atoms with Gasteiger partial charge in [-0.25, -0.2) is 4.79 Å². The molecular formula is C15H19NO3S. The molecule has 1 aromatic heterocycles. The number of hydrogen-bond donors (Lipinski definition) is 2. The van der Waals surface area contributed by atoms with Gasteiger partial charge in [0.25, 0.3) is 0 Å². The van der Waals surface area contributed by atoms with Gasteiger partial charge in [0.1, 0.15) is 16.9 Å². The van der Waals surface area contributed by atoms with Gasteiger partial charge in [-0.2, -0.15) is 11.8 Å². The summed E-state index contributed by atoms with van der Waals surface area (Å²) in [5.41, 5.74) is 0.894. The average molecular weight is 293 g/mol. The van der Waals surface area contributed by atoms with Gasteiger partial charge < -0.3 is 14.8 Å². The molecule has 1 aromatic carbocycles. The second-order valence-electron chi connectivity index (χ2n) is 4.71. The van der Waals surface area contributed by atoms with Crippen LogP contribution in [-0.2, 0) is 6.54 Å². The summed E-state index contributed by atoms with van der Waals surface area (Å²) in [4.78, 5) is 11.4. The van der Waals surface area contributed by atoms with E-state index in [9.17, 15) is 9.90 Å². The molecule has 0 bridgehead atoms. The molecule has 108 valence electrons. The lowest BCUT2D eigenvalue weighted by molar-refractivity contribution is 0.0696. The van der Waals surface area contributed by atoms with Crippen molar-refractivity contribution in [2.75, 3.05) is 12.8 Å². The second-order valence-corrected chi connectivity index (χ2v) is 5.99. The first-order valence-corrected chi connectivity index (χ1v) is 7.89. The smallest absolute Gasteiger partial charge is 0.339 e. The third kappa shape index (κ3) is 3.35. The molecule has 2 rings (SSSR count). The van der Waals surface area contributed by atoms with Crippen molar-refractivity contribution in [3.8, 4) is 0 Å². The Morgan fingerprint density at radius 2 is 2.20 bits per heavy atom. The van der Waals surface area contributed by atoms with Gasteiger partial charge in [0, 0.05) is 10.6 Å². The minimum absolute atomic E-state index is 0.269. The monoisotopic (exact) mass is 293 g/mol. The van der Waals surface area contributed by atoms with Crippen LogP contribution in [0.4, 0.5) is 0 Å². The van der Waals surface area contributed by atoms with E-state index in [0.717, 1.165) is 13.0 Å². The Hall–Kier alpha value is -1.46. The van der Waals surface area contributed by atoms with Crippen LogP contribution in [0, 0.1) is 0 Å². The average Bonchev–Trinajstić information content (AvgIpc) is 2.81. The highest BCUT2D eigenvalue weighted by molar-refractivity contribution is 7.99. The van der Waals surface area contributed by atoms with Gasteiger partial charge in [-0.15, -0.1) is 0 Å². The number of carboxylic acid groups (broad SMARTS) is 1. The van der Waals surface area contributed by atoms with Gasteiger partial charge in [0.05, 0.1) is 6.54 Å². The maximum absolute atomic E-state index is 11.4. The van der Waals surface area contributed by atoms with Gasteiger partial charge in [0.15, 0.2) is 0 Å². The van der Waals surface area contributed by atoms with E-state index in [0.29, 0.717) is 28.5 Å². The summed E-state index contributed by atoms with van der Waals surface area (Å²) in [5.74, 6) is -0.445. The van der Waals surface area contributed by atoms with E-state index in [1.165, 1.54) is 0 Å². The molecule has 0 aliphatic rings. The normalized spacial score (nSPS) is 12.7. The number of thioether (sulfide) groups is 1. The summed E-state index contributed by atoms with van der Waals surface area (Å²) in [5, 5.41) is 13.9. The van der Waals surface area contributed by atoms with Gasteiger partial charge in [-0.1, -0.05) is 25.1 Å². The summed E-state index contributed by atoms with van der Waals surface area (Å²) in [6, 6.07) is 7.24. The van der Waals surface area contributed by atoms with Crippen molar-refractivity contribution in [3.63, 3.8) is 0 Å². The number of aromatic carboxylic acids is 1. The van der Waals surface area contributed by atoms with Crippen molar-refractivity contribution in [1.29, 1.82) is 0 Å². The standard InChI is InChI=1S/C15H19NO3S/c1-10(20-2)7-8-16-9-13-14(15(17)18)11-5-3-4-6-12(11)19-13/h3-6,10,16H,7-9H2,1-2H3,(H,17,18). The molecule has 1 heterocycles. The molecular weight excluding hydrogens is 274 g/mol. The minimum atomic E-state index is -0.941. The van der Waals surface area contributed by atoms with E-state index in [4.69, 9.17) is 4.42 Å². The fraction of sp³-hybridized carbons (Fsp3) is 0.400. The number of para-hydroxylation sites is 1. The zero-order chi connectivity index (χ0) is 14.5. The van der Waals surface area contributed by atoms with Gasteiger partial charge in [0.2, 0.25) is 0 Å². The number of nitrogens with one attached hydrogen (secondary N) is 1. The van der Waals surface area contributed by atoms with Crippen LogP contribution in [0.3, 0.4) is 0 Å². The number of furan rings is 1. The molecule has 2 N–H and O–H groups in total.